The molecular formula is C13H24N2. The molecule has 2 N–H and O–H groups in total. The van der Waals surface area contributed by atoms with Crippen LogP contribution in [0.25, 0.3) is 0 Å². The van der Waals surface area contributed by atoms with Crippen molar-refractivity contribution in [3.8, 4) is 0 Å². The van der Waals surface area contributed by atoms with E-state index in [9.17, 15) is 0 Å². The maximum absolute atomic E-state index is 5.95. The highest BCUT2D eigenvalue weighted by Crippen LogP contribution is 2.50. The first kappa shape index (κ1) is 10.1. The summed E-state index contributed by atoms with van der Waals surface area (Å²) in [4.78, 5) is 2.78. The van der Waals surface area contributed by atoms with E-state index in [1.54, 1.807) is 0 Å². The molecule has 1 aliphatic heterocycles. The molecule has 2 aliphatic carbocycles. The van der Waals surface area contributed by atoms with Gasteiger partial charge in [0.15, 0.2) is 0 Å². The van der Waals surface area contributed by atoms with Crippen molar-refractivity contribution >= 4 is 0 Å². The van der Waals surface area contributed by atoms with Gasteiger partial charge in [0, 0.05) is 25.2 Å². The molecule has 2 saturated carbocycles. The fourth-order valence-electron chi connectivity index (χ4n) is 3.92. The summed E-state index contributed by atoms with van der Waals surface area (Å²) in [5.41, 5.74) is 5.95. The molecule has 3 aliphatic rings. The molecule has 1 heterocycles. The number of rotatable bonds is 2. The average molecular weight is 208 g/mol. The maximum atomic E-state index is 5.95. The Kier molecular flexibility index (Phi) is 2.73. The third-order valence-electron chi connectivity index (χ3n) is 4.88. The first-order chi connectivity index (χ1) is 7.40. The molecule has 0 aromatic rings. The van der Waals surface area contributed by atoms with Crippen molar-refractivity contribution in [2.75, 3.05) is 13.1 Å². The Balaban J connectivity index is 1.65. The number of fused-ring (bicyclic) bond motifs is 1. The van der Waals surface area contributed by atoms with Gasteiger partial charge in [-0.25, -0.2) is 0 Å². The monoisotopic (exact) mass is 208 g/mol. The highest BCUT2D eigenvalue weighted by atomic mass is 15.2. The van der Waals surface area contributed by atoms with Gasteiger partial charge in [0.2, 0.25) is 0 Å². The smallest absolute Gasteiger partial charge is 0.0252 e. The van der Waals surface area contributed by atoms with Crippen LogP contribution in [0.4, 0.5) is 0 Å². The Bertz CT molecular complexity index is 221. The Hall–Kier alpha value is -0.0800. The Labute approximate surface area is 93.2 Å². The van der Waals surface area contributed by atoms with Crippen LogP contribution >= 0.6 is 0 Å². The normalized spacial score (nSPS) is 42.6. The van der Waals surface area contributed by atoms with Gasteiger partial charge < -0.3 is 5.73 Å². The van der Waals surface area contributed by atoms with E-state index >= 15 is 0 Å². The van der Waals surface area contributed by atoms with Gasteiger partial charge in [0.05, 0.1) is 0 Å². The van der Waals surface area contributed by atoms with Crippen LogP contribution in [-0.2, 0) is 0 Å². The van der Waals surface area contributed by atoms with E-state index in [1.165, 1.54) is 51.5 Å². The highest BCUT2D eigenvalue weighted by Gasteiger charge is 2.52. The summed E-state index contributed by atoms with van der Waals surface area (Å²) in [6.45, 7) is 2.27. The molecule has 3 rings (SSSR count). The number of likely N-dealkylation sites (tertiary alicyclic amines) is 1. The Morgan fingerprint density at radius 2 is 1.80 bits per heavy atom. The highest BCUT2D eigenvalue weighted by molar-refractivity contribution is 5.06. The van der Waals surface area contributed by atoms with Crippen molar-refractivity contribution in [1.29, 1.82) is 0 Å². The summed E-state index contributed by atoms with van der Waals surface area (Å²) in [6.07, 6.45) is 10.2. The maximum Gasteiger partial charge on any atom is 0.0252 e. The Morgan fingerprint density at radius 3 is 2.47 bits per heavy atom. The van der Waals surface area contributed by atoms with Crippen molar-refractivity contribution < 1.29 is 0 Å². The summed E-state index contributed by atoms with van der Waals surface area (Å²) in [5, 5.41) is 0. The van der Waals surface area contributed by atoms with Crippen LogP contribution in [0.5, 0.6) is 0 Å². The molecular weight excluding hydrogens is 184 g/mol. The predicted octanol–water partition coefficient (Wildman–Crippen LogP) is 1.99. The van der Waals surface area contributed by atoms with Crippen molar-refractivity contribution in [3.05, 3.63) is 0 Å². The third kappa shape index (κ3) is 1.83. The molecule has 1 saturated heterocycles. The number of nitrogens with two attached hydrogens (primary N) is 1. The van der Waals surface area contributed by atoms with E-state index in [0.29, 0.717) is 0 Å². The zero-order chi connectivity index (χ0) is 10.3. The van der Waals surface area contributed by atoms with E-state index < -0.39 is 0 Å². The van der Waals surface area contributed by atoms with Crippen LogP contribution in [0.2, 0.25) is 0 Å². The molecule has 15 heavy (non-hydrogen) atoms. The molecule has 0 radical (unpaired) electrons. The molecule has 3 fully saturated rings. The zero-order valence-corrected chi connectivity index (χ0v) is 9.70. The van der Waals surface area contributed by atoms with Crippen LogP contribution in [0.1, 0.15) is 44.9 Å². The molecule has 2 heteroatoms. The minimum Gasteiger partial charge on any atom is -0.329 e. The lowest BCUT2D eigenvalue weighted by molar-refractivity contribution is 0.143. The number of hydrogen-bond donors (Lipinski definition) is 1. The fourth-order valence-corrected chi connectivity index (χ4v) is 3.92. The van der Waals surface area contributed by atoms with E-state index in [2.05, 4.69) is 4.90 Å². The van der Waals surface area contributed by atoms with Gasteiger partial charge in [-0.1, -0.05) is 25.7 Å². The predicted molar refractivity (Wildman–Crippen MR) is 62.6 cm³/mol. The topological polar surface area (TPSA) is 29.3 Å². The van der Waals surface area contributed by atoms with Crippen LogP contribution < -0.4 is 5.73 Å². The second kappa shape index (κ2) is 4.06. The fraction of sp³-hybridized carbons (Fsp3) is 1.00. The lowest BCUT2D eigenvalue weighted by atomic mass is 10.0. The van der Waals surface area contributed by atoms with Gasteiger partial charge in [-0.05, 0) is 31.1 Å². The van der Waals surface area contributed by atoms with Crippen LogP contribution in [0.15, 0.2) is 0 Å². The quantitative estimate of drug-likeness (QED) is 0.703. The lowest BCUT2D eigenvalue weighted by Crippen LogP contribution is -2.45. The summed E-state index contributed by atoms with van der Waals surface area (Å²) in [7, 11) is 0. The van der Waals surface area contributed by atoms with Crippen molar-refractivity contribution in [2.45, 2.75) is 57.0 Å². The lowest BCUT2D eigenvalue weighted by Gasteiger charge is -2.34. The van der Waals surface area contributed by atoms with E-state index in [0.717, 1.165) is 30.5 Å². The first-order valence-electron chi connectivity index (χ1n) is 6.86. The average Bonchev–Trinajstić information content (AvgIpc) is 2.98. The van der Waals surface area contributed by atoms with Crippen molar-refractivity contribution in [1.82, 2.24) is 4.90 Å². The second-order valence-electron chi connectivity index (χ2n) is 5.80. The van der Waals surface area contributed by atoms with Gasteiger partial charge in [-0.15, -0.1) is 0 Å². The molecule has 3 unspecified atom stereocenters. The van der Waals surface area contributed by atoms with Gasteiger partial charge in [0.1, 0.15) is 0 Å². The largest absolute Gasteiger partial charge is 0.329 e. The molecule has 0 bridgehead atoms. The van der Waals surface area contributed by atoms with Gasteiger partial charge in [-0.2, -0.15) is 0 Å². The minimum atomic E-state index is 0.748. The van der Waals surface area contributed by atoms with Crippen LogP contribution in [0.3, 0.4) is 0 Å². The third-order valence-corrected chi connectivity index (χ3v) is 4.88. The summed E-state index contributed by atoms with van der Waals surface area (Å²) in [5.74, 6) is 2.01. The SMILES string of the molecule is NCC1C2CC2CN1C1CCCCCC1. The molecule has 0 amide bonds. The number of piperidine rings is 1. The van der Waals surface area contributed by atoms with E-state index in [-0.39, 0.29) is 0 Å². The minimum absolute atomic E-state index is 0.748. The molecule has 86 valence electrons. The van der Waals surface area contributed by atoms with Crippen LogP contribution in [0, 0.1) is 11.8 Å². The first-order valence-corrected chi connectivity index (χ1v) is 6.86. The van der Waals surface area contributed by atoms with Gasteiger partial charge >= 0.3 is 0 Å². The van der Waals surface area contributed by atoms with Crippen LogP contribution in [-0.4, -0.2) is 30.1 Å². The van der Waals surface area contributed by atoms with E-state index in [1.807, 2.05) is 0 Å². The molecule has 0 spiro atoms. The number of nitrogens with zero attached hydrogens (tertiary/aromatic N) is 1. The van der Waals surface area contributed by atoms with Crippen molar-refractivity contribution in [3.63, 3.8) is 0 Å². The van der Waals surface area contributed by atoms with E-state index in [4.69, 9.17) is 5.73 Å². The molecule has 3 atom stereocenters. The zero-order valence-electron chi connectivity index (χ0n) is 9.70. The summed E-state index contributed by atoms with van der Waals surface area (Å²) >= 11 is 0. The summed E-state index contributed by atoms with van der Waals surface area (Å²) < 4.78 is 0. The summed E-state index contributed by atoms with van der Waals surface area (Å²) in [6, 6.07) is 1.63. The molecule has 2 nitrogen and oxygen atoms in total. The Morgan fingerprint density at radius 1 is 1.07 bits per heavy atom. The second-order valence-corrected chi connectivity index (χ2v) is 5.80. The molecule has 0 aromatic carbocycles. The van der Waals surface area contributed by atoms with Gasteiger partial charge in [-0.3, -0.25) is 4.90 Å². The number of hydrogen-bond acceptors (Lipinski definition) is 2. The van der Waals surface area contributed by atoms with Crippen molar-refractivity contribution in [2.24, 2.45) is 17.6 Å². The standard InChI is InChI=1S/C13H24N2/c14-8-13-12-7-10(12)9-15(13)11-5-3-1-2-4-6-11/h10-13H,1-9,14H2. The van der Waals surface area contributed by atoms with Gasteiger partial charge in [0.25, 0.3) is 0 Å². The molecule has 0 aromatic heterocycles.